The lowest BCUT2D eigenvalue weighted by atomic mass is 10.2. The van der Waals surface area contributed by atoms with E-state index in [4.69, 9.17) is 10.5 Å². The minimum absolute atomic E-state index is 0.138. The Morgan fingerprint density at radius 2 is 1.65 bits per heavy atom. The van der Waals surface area contributed by atoms with Crippen molar-refractivity contribution in [2.24, 2.45) is 0 Å². The number of carbonyl (C=O) groups is 1. The Balaban J connectivity index is 1.58. The molecule has 5 nitrogen and oxygen atoms in total. The lowest BCUT2D eigenvalue weighted by Gasteiger charge is -2.09. The van der Waals surface area contributed by atoms with Crippen LogP contribution in [0.25, 0.3) is 0 Å². The maximum atomic E-state index is 12.9. The Kier molecular flexibility index (Phi) is 5.48. The summed E-state index contributed by atoms with van der Waals surface area (Å²) in [6, 6.07) is 17.3. The third-order valence-electron chi connectivity index (χ3n) is 3.56. The zero-order chi connectivity index (χ0) is 18.5. The fourth-order valence-corrected chi connectivity index (χ4v) is 2.50. The van der Waals surface area contributed by atoms with Crippen LogP contribution in [0.2, 0.25) is 0 Å². The molecule has 1 heterocycles. The second-order valence-corrected chi connectivity index (χ2v) is 6.37. The number of halogens is 2. The lowest BCUT2D eigenvalue weighted by Crippen LogP contribution is -2.24. The van der Waals surface area contributed by atoms with Gasteiger partial charge in [-0.15, -0.1) is 0 Å². The van der Waals surface area contributed by atoms with Gasteiger partial charge in [0, 0.05) is 11.0 Å². The quantitative estimate of drug-likeness (QED) is 0.609. The number of hydrogen-bond acceptors (Lipinski definition) is 4. The van der Waals surface area contributed by atoms with E-state index in [1.54, 1.807) is 0 Å². The molecular weight excluding hydrogens is 401 g/mol. The summed E-state index contributed by atoms with van der Waals surface area (Å²) in [5.74, 6) is 0.147. The number of nitrogens with zero attached hydrogens (tertiary/aromatic N) is 1. The highest BCUT2D eigenvalue weighted by atomic mass is 79.9. The molecule has 0 bridgehead atoms. The molecule has 0 saturated carbocycles. The summed E-state index contributed by atoms with van der Waals surface area (Å²) in [7, 11) is 0. The van der Waals surface area contributed by atoms with Crippen molar-refractivity contribution in [3.8, 4) is 11.5 Å². The van der Waals surface area contributed by atoms with Gasteiger partial charge in [-0.25, -0.2) is 4.98 Å². The van der Waals surface area contributed by atoms with Gasteiger partial charge in [0.15, 0.2) is 0 Å². The SMILES string of the molecule is Nc1nc(F)ccc1C(=O)NCc1ccc(Oc2ccc(Br)cc2)cc1. The highest BCUT2D eigenvalue weighted by molar-refractivity contribution is 9.10. The summed E-state index contributed by atoms with van der Waals surface area (Å²) in [5, 5.41) is 2.72. The molecule has 0 fully saturated rings. The van der Waals surface area contributed by atoms with E-state index in [2.05, 4.69) is 26.2 Å². The van der Waals surface area contributed by atoms with Crippen molar-refractivity contribution in [3.05, 3.63) is 82.2 Å². The Labute approximate surface area is 158 Å². The molecule has 132 valence electrons. The largest absolute Gasteiger partial charge is 0.457 e. The zero-order valence-electron chi connectivity index (χ0n) is 13.6. The van der Waals surface area contributed by atoms with Crippen molar-refractivity contribution in [2.75, 3.05) is 5.73 Å². The first-order valence-corrected chi connectivity index (χ1v) is 8.53. The molecule has 0 radical (unpaired) electrons. The molecule has 26 heavy (non-hydrogen) atoms. The summed E-state index contributed by atoms with van der Waals surface area (Å²) in [6.45, 7) is 0.300. The van der Waals surface area contributed by atoms with Gasteiger partial charge in [-0.3, -0.25) is 4.79 Å². The van der Waals surface area contributed by atoms with Gasteiger partial charge in [0.2, 0.25) is 5.95 Å². The Morgan fingerprint density at radius 3 is 2.27 bits per heavy atom. The first-order chi connectivity index (χ1) is 12.5. The summed E-state index contributed by atoms with van der Waals surface area (Å²) >= 11 is 3.37. The third kappa shape index (κ3) is 4.58. The molecule has 1 amide bonds. The summed E-state index contributed by atoms with van der Waals surface area (Å²) in [5.41, 5.74) is 6.59. The van der Waals surface area contributed by atoms with Crippen molar-refractivity contribution in [3.63, 3.8) is 0 Å². The number of benzene rings is 2. The van der Waals surface area contributed by atoms with Gasteiger partial charge in [-0.2, -0.15) is 4.39 Å². The minimum Gasteiger partial charge on any atom is -0.457 e. The van der Waals surface area contributed by atoms with Gasteiger partial charge < -0.3 is 15.8 Å². The van der Waals surface area contributed by atoms with E-state index >= 15 is 0 Å². The molecule has 1 aromatic heterocycles. The monoisotopic (exact) mass is 415 g/mol. The number of amides is 1. The Hall–Kier alpha value is -2.93. The van der Waals surface area contributed by atoms with Crippen LogP contribution in [0.4, 0.5) is 10.2 Å². The molecule has 3 N–H and O–H groups in total. The predicted octanol–water partition coefficient (Wildman–Crippen LogP) is 4.29. The molecule has 0 saturated heterocycles. The number of anilines is 1. The molecule has 0 spiro atoms. The van der Waals surface area contributed by atoms with E-state index in [-0.39, 0.29) is 11.4 Å². The number of ether oxygens (including phenoxy) is 1. The summed E-state index contributed by atoms with van der Waals surface area (Å²) in [6.07, 6.45) is 0. The fourth-order valence-electron chi connectivity index (χ4n) is 2.23. The Morgan fingerprint density at radius 1 is 1.04 bits per heavy atom. The molecular formula is C19H15BrFN3O2. The maximum Gasteiger partial charge on any atom is 0.255 e. The van der Waals surface area contributed by atoms with Crippen LogP contribution in [-0.2, 0) is 6.54 Å². The molecule has 7 heteroatoms. The maximum absolute atomic E-state index is 12.9. The van der Waals surface area contributed by atoms with Crippen molar-refractivity contribution in [1.29, 1.82) is 0 Å². The number of aromatic nitrogens is 1. The van der Waals surface area contributed by atoms with Crippen LogP contribution in [-0.4, -0.2) is 10.9 Å². The van der Waals surface area contributed by atoms with Crippen LogP contribution in [0.15, 0.2) is 65.1 Å². The summed E-state index contributed by atoms with van der Waals surface area (Å²) < 4.78 is 19.7. The lowest BCUT2D eigenvalue weighted by molar-refractivity contribution is 0.0951. The van der Waals surface area contributed by atoms with Crippen LogP contribution in [0.3, 0.4) is 0 Å². The smallest absolute Gasteiger partial charge is 0.255 e. The highest BCUT2D eigenvalue weighted by Crippen LogP contribution is 2.23. The van der Waals surface area contributed by atoms with E-state index < -0.39 is 11.9 Å². The second kappa shape index (κ2) is 7.97. The van der Waals surface area contributed by atoms with Crippen LogP contribution in [0.1, 0.15) is 15.9 Å². The van der Waals surface area contributed by atoms with Crippen LogP contribution in [0, 0.1) is 5.95 Å². The number of nitrogen functional groups attached to an aromatic ring is 1. The zero-order valence-corrected chi connectivity index (χ0v) is 15.2. The average molecular weight is 416 g/mol. The number of pyridine rings is 1. The van der Waals surface area contributed by atoms with E-state index in [0.29, 0.717) is 12.3 Å². The molecule has 0 atom stereocenters. The van der Waals surface area contributed by atoms with Gasteiger partial charge in [0.05, 0.1) is 5.56 Å². The molecule has 3 rings (SSSR count). The Bertz CT molecular complexity index is 915. The minimum atomic E-state index is -0.722. The molecule has 2 aromatic carbocycles. The topological polar surface area (TPSA) is 77.2 Å². The summed E-state index contributed by atoms with van der Waals surface area (Å²) in [4.78, 5) is 15.5. The number of hydrogen-bond donors (Lipinski definition) is 2. The van der Waals surface area contributed by atoms with Gasteiger partial charge in [0.25, 0.3) is 5.91 Å². The van der Waals surface area contributed by atoms with E-state index in [9.17, 15) is 9.18 Å². The van der Waals surface area contributed by atoms with Gasteiger partial charge >= 0.3 is 0 Å². The number of nitrogens with two attached hydrogens (primary N) is 1. The number of nitrogens with one attached hydrogen (secondary N) is 1. The molecule has 0 aliphatic rings. The van der Waals surface area contributed by atoms with Crippen LogP contribution in [0.5, 0.6) is 11.5 Å². The van der Waals surface area contributed by atoms with Crippen molar-refractivity contribution in [1.82, 2.24) is 10.3 Å². The third-order valence-corrected chi connectivity index (χ3v) is 4.09. The first kappa shape index (κ1) is 17.9. The first-order valence-electron chi connectivity index (χ1n) is 7.74. The van der Waals surface area contributed by atoms with Gasteiger partial charge in [-0.05, 0) is 54.1 Å². The normalized spacial score (nSPS) is 10.4. The molecule has 3 aromatic rings. The predicted molar refractivity (Wildman–Crippen MR) is 100 cm³/mol. The molecule has 0 aliphatic carbocycles. The highest BCUT2D eigenvalue weighted by Gasteiger charge is 2.11. The molecule has 0 aliphatic heterocycles. The van der Waals surface area contributed by atoms with Gasteiger partial charge in [-0.1, -0.05) is 28.1 Å². The van der Waals surface area contributed by atoms with E-state index in [1.165, 1.54) is 6.07 Å². The fraction of sp³-hybridized carbons (Fsp3) is 0.0526. The van der Waals surface area contributed by atoms with Crippen LogP contribution >= 0.6 is 15.9 Å². The molecule has 0 unspecified atom stereocenters. The second-order valence-electron chi connectivity index (χ2n) is 5.45. The van der Waals surface area contributed by atoms with Crippen molar-refractivity contribution in [2.45, 2.75) is 6.54 Å². The standard InChI is InChI=1S/C19H15BrFN3O2/c20-13-3-7-15(8-4-13)26-14-5-1-12(2-6-14)11-23-19(25)16-9-10-17(21)24-18(16)22/h1-10H,11H2,(H2,22,24)(H,23,25). The van der Waals surface area contributed by atoms with Crippen molar-refractivity contribution >= 4 is 27.7 Å². The van der Waals surface area contributed by atoms with Crippen LogP contribution < -0.4 is 15.8 Å². The average Bonchev–Trinajstić information content (AvgIpc) is 2.63. The number of rotatable bonds is 5. The number of carbonyl (C=O) groups excluding carboxylic acids is 1. The van der Waals surface area contributed by atoms with E-state index in [1.807, 2.05) is 48.5 Å². The van der Waals surface area contributed by atoms with E-state index in [0.717, 1.165) is 21.9 Å². The van der Waals surface area contributed by atoms with Crippen molar-refractivity contribution < 1.29 is 13.9 Å². The van der Waals surface area contributed by atoms with Gasteiger partial charge in [0.1, 0.15) is 17.3 Å².